The molecule has 7 heteroatoms. The van der Waals surface area contributed by atoms with Crippen LogP contribution in [-0.4, -0.2) is 36.1 Å². The Labute approximate surface area is 150 Å². The van der Waals surface area contributed by atoms with Crippen LogP contribution in [-0.2, 0) is 9.53 Å². The average Bonchev–Trinajstić information content (AvgIpc) is 2.62. The Morgan fingerprint density at radius 3 is 2.64 bits per heavy atom. The second kappa shape index (κ2) is 8.48. The van der Waals surface area contributed by atoms with Gasteiger partial charge in [0.2, 0.25) is 5.88 Å². The lowest BCUT2D eigenvalue weighted by Crippen LogP contribution is -2.41. The molecule has 0 N–H and O–H groups in total. The second-order valence-electron chi connectivity index (χ2n) is 5.35. The van der Waals surface area contributed by atoms with Crippen molar-refractivity contribution in [2.24, 2.45) is 0 Å². The predicted molar refractivity (Wildman–Crippen MR) is 92.2 cm³/mol. The van der Waals surface area contributed by atoms with E-state index in [0.29, 0.717) is 17.1 Å². The van der Waals surface area contributed by atoms with Gasteiger partial charge >= 0.3 is 5.97 Å². The third kappa shape index (κ3) is 5.19. The smallest absolute Gasteiger partial charge is 0.343 e. The molecule has 6 nitrogen and oxygen atoms in total. The molecular weight excluding hydrogens is 346 g/mol. The van der Waals surface area contributed by atoms with Crippen molar-refractivity contribution in [3.8, 4) is 11.6 Å². The Bertz CT molecular complexity index is 735. The molecule has 0 aliphatic rings. The fourth-order valence-electron chi connectivity index (χ4n) is 1.94. The lowest BCUT2D eigenvalue weighted by atomic mass is 10.1. The van der Waals surface area contributed by atoms with Gasteiger partial charge in [-0.05, 0) is 50.2 Å². The van der Waals surface area contributed by atoms with Crippen molar-refractivity contribution in [1.82, 2.24) is 4.98 Å². The molecule has 0 spiro atoms. The van der Waals surface area contributed by atoms with E-state index in [2.05, 4.69) is 4.98 Å². The van der Waals surface area contributed by atoms with Crippen molar-refractivity contribution in [2.45, 2.75) is 19.4 Å². The topological polar surface area (TPSA) is 74.7 Å². The van der Waals surface area contributed by atoms with E-state index in [4.69, 9.17) is 25.8 Å². The number of halogens is 1. The number of pyridine rings is 1. The maximum absolute atomic E-state index is 11.9. The summed E-state index contributed by atoms with van der Waals surface area (Å²) in [6.07, 6.45) is 2.12. The van der Waals surface area contributed by atoms with Gasteiger partial charge in [-0.3, -0.25) is 4.79 Å². The Kier molecular flexibility index (Phi) is 6.36. The molecule has 1 aromatic heterocycles. The quantitative estimate of drug-likeness (QED) is 0.529. The minimum absolute atomic E-state index is 0.0775. The summed E-state index contributed by atoms with van der Waals surface area (Å²) in [4.78, 5) is 27.5. The molecule has 25 heavy (non-hydrogen) atoms. The van der Waals surface area contributed by atoms with Crippen LogP contribution in [0.1, 0.15) is 24.2 Å². The number of nitrogens with zero attached hydrogens (tertiary/aromatic N) is 1. The first-order chi connectivity index (χ1) is 12.0. The van der Waals surface area contributed by atoms with Crippen molar-refractivity contribution in [3.63, 3.8) is 0 Å². The number of hydrogen-bond acceptors (Lipinski definition) is 6. The standard InChI is InChI=1S/C18H18ClNO5/c1-3-23-17(22)15-5-4-10-20-16(15)24-12-18(2,11-21)25-14-8-6-13(19)7-9-14/h4-11H,3,12H2,1-2H3. The number of carbonyl (C=O) groups excluding carboxylic acids is 2. The lowest BCUT2D eigenvalue weighted by Gasteiger charge is -2.25. The van der Waals surface area contributed by atoms with Gasteiger partial charge in [-0.25, -0.2) is 9.78 Å². The van der Waals surface area contributed by atoms with Gasteiger partial charge in [0.25, 0.3) is 0 Å². The van der Waals surface area contributed by atoms with E-state index in [1.807, 2.05) is 0 Å². The summed E-state index contributed by atoms with van der Waals surface area (Å²) in [5, 5.41) is 0.559. The van der Waals surface area contributed by atoms with Crippen molar-refractivity contribution >= 4 is 23.9 Å². The van der Waals surface area contributed by atoms with E-state index in [1.165, 1.54) is 6.20 Å². The highest BCUT2D eigenvalue weighted by Crippen LogP contribution is 2.22. The molecular formula is C18H18ClNO5. The third-order valence-corrected chi connectivity index (χ3v) is 3.43. The maximum atomic E-state index is 11.9. The van der Waals surface area contributed by atoms with Crippen LogP contribution in [0.25, 0.3) is 0 Å². The van der Waals surface area contributed by atoms with Gasteiger partial charge in [0.1, 0.15) is 17.9 Å². The van der Waals surface area contributed by atoms with Crippen LogP contribution < -0.4 is 9.47 Å². The summed E-state index contributed by atoms with van der Waals surface area (Å²) in [6.45, 7) is 3.38. The van der Waals surface area contributed by atoms with Crippen LogP contribution in [0.4, 0.5) is 0 Å². The van der Waals surface area contributed by atoms with E-state index >= 15 is 0 Å². The Morgan fingerprint density at radius 1 is 1.28 bits per heavy atom. The summed E-state index contributed by atoms with van der Waals surface area (Å²) >= 11 is 5.83. The van der Waals surface area contributed by atoms with Gasteiger partial charge in [0, 0.05) is 11.2 Å². The Balaban J connectivity index is 2.11. The lowest BCUT2D eigenvalue weighted by molar-refractivity contribution is -0.122. The SMILES string of the molecule is CCOC(=O)c1cccnc1OCC(C)(C=O)Oc1ccc(Cl)cc1. The van der Waals surface area contributed by atoms with Crippen molar-refractivity contribution < 1.29 is 23.8 Å². The highest BCUT2D eigenvalue weighted by atomic mass is 35.5. The summed E-state index contributed by atoms with van der Waals surface area (Å²) in [5.74, 6) is -0.00000565. The van der Waals surface area contributed by atoms with E-state index < -0.39 is 11.6 Å². The van der Waals surface area contributed by atoms with Gasteiger partial charge in [0.05, 0.1) is 6.61 Å². The molecule has 1 heterocycles. The first kappa shape index (κ1) is 18.7. The van der Waals surface area contributed by atoms with Crippen LogP contribution in [0, 0.1) is 0 Å². The van der Waals surface area contributed by atoms with Crippen LogP contribution in [0.5, 0.6) is 11.6 Å². The molecule has 0 saturated heterocycles. The average molecular weight is 364 g/mol. The number of aldehydes is 1. The first-order valence-corrected chi connectivity index (χ1v) is 8.01. The van der Waals surface area contributed by atoms with Crippen molar-refractivity contribution in [2.75, 3.05) is 13.2 Å². The summed E-state index contributed by atoms with van der Waals surface area (Å²) in [7, 11) is 0. The zero-order valence-corrected chi connectivity index (χ0v) is 14.7. The number of esters is 1. The van der Waals surface area contributed by atoms with Gasteiger partial charge < -0.3 is 14.2 Å². The zero-order valence-electron chi connectivity index (χ0n) is 13.9. The Morgan fingerprint density at radius 2 is 2.00 bits per heavy atom. The van der Waals surface area contributed by atoms with Crippen LogP contribution >= 0.6 is 11.6 Å². The number of ether oxygens (including phenoxy) is 3. The van der Waals surface area contributed by atoms with Crippen molar-refractivity contribution in [3.05, 3.63) is 53.2 Å². The molecule has 2 rings (SSSR count). The number of benzene rings is 1. The highest BCUT2D eigenvalue weighted by molar-refractivity contribution is 6.30. The molecule has 0 amide bonds. The van der Waals surface area contributed by atoms with E-state index in [0.717, 1.165) is 0 Å². The predicted octanol–water partition coefficient (Wildman–Crippen LogP) is 3.33. The molecule has 0 aliphatic heterocycles. The maximum Gasteiger partial charge on any atom is 0.343 e. The molecule has 2 aromatic rings. The molecule has 1 unspecified atom stereocenters. The number of aromatic nitrogens is 1. The normalized spacial score (nSPS) is 12.8. The molecule has 0 radical (unpaired) electrons. The van der Waals surface area contributed by atoms with Crippen LogP contribution in [0.3, 0.4) is 0 Å². The third-order valence-electron chi connectivity index (χ3n) is 3.18. The number of hydrogen-bond donors (Lipinski definition) is 0. The van der Waals surface area contributed by atoms with Crippen LogP contribution in [0.15, 0.2) is 42.6 Å². The molecule has 1 atom stereocenters. The molecule has 132 valence electrons. The van der Waals surface area contributed by atoms with Gasteiger partial charge in [-0.15, -0.1) is 0 Å². The number of rotatable bonds is 8. The van der Waals surface area contributed by atoms with E-state index in [1.54, 1.807) is 50.2 Å². The van der Waals surface area contributed by atoms with Gasteiger partial charge in [0.15, 0.2) is 11.9 Å². The van der Waals surface area contributed by atoms with Gasteiger partial charge in [-0.1, -0.05) is 11.6 Å². The minimum Gasteiger partial charge on any atom is -0.476 e. The van der Waals surface area contributed by atoms with E-state index in [9.17, 15) is 9.59 Å². The fourth-order valence-corrected chi connectivity index (χ4v) is 2.07. The van der Waals surface area contributed by atoms with Crippen molar-refractivity contribution in [1.29, 1.82) is 0 Å². The molecule has 0 saturated carbocycles. The highest BCUT2D eigenvalue weighted by Gasteiger charge is 2.28. The van der Waals surface area contributed by atoms with E-state index in [-0.39, 0.29) is 24.7 Å². The van der Waals surface area contributed by atoms with Gasteiger partial charge in [-0.2, -0.15) is 0 Å². The molecule has 0 aliphatic carbocycles. The summed E-state index contributed by atoms with van der Waals surface area (Å²) in [6, 6.07) is 9.74. The fraction of sp³-hybridized carbons (Fsp3) is 0.278. The molecule has 0 fully saturated rings. The molecule has 1 aromatic carbocycles. The minimum atomic E-state index is -1.27. The Hall–Kier alpha value is -2.60. The number of carbonyl (C=O) groups is 2. The summed E-state index contributed by atoms with van der Waals surface area (Å²) < 4.78 is 16.2. The second-order valence-corrected chi connectivity index (χ2v) is 5.79. The monoisotopic (exact) mass is 363 g/mol. The zero-order chi connectivity index (χ0) is 18.3. The first-order valence-electron chi connectivity index (χ1n) is 7.63. The summed E-state index contributed by atoms with van der Waals surface area (Å²) in [5.41, 5.74) is -1.08. The van der Waals surface area contributed by atoms with Crippen LogP contribution in [0.2, 0.25) is 5.02 Å². The molecule has 0 bridgehead atoms. The largest absolute Gasteiger partial charge is 0.476 e.